The van der Waals surface area contributed by atoms with E-state index < -0.39 is 0 Å². The van der Waals surface area contributed by atoms with E-state index in [1.165, 1.54) is 5.56 Å². The molecule has 5 nitrogen and oxygen atoms in total. The van der Waals surface area contributed by atoms with E-state index in [2.05, 4.69) is 27.9 Å². The lowest BCUT2D eigenvalue weighted by Gasteiger charge is -2.17. The highest BCUT2D eigenvalue weighted by molar-refractivity contribution is 5.81. The first-order chi connectivity index (χ1) is 10.6. The first-order valence-electron chi connectivity index (χ1n) is 7.97. The molecule has 2 aromatic rings. The summed E-state index contributed by atoms with van der Waals surface area (Å²) >= 11 is 0. The van der Waals surface area contributed by atoms with Crippen molar-refractivity contribution >= 4 is 16.9 Å². The van der Waals surface area contributed by atoms with Crippen molar-refractivity contribution in [2.75, 3.05) is 0 Å². The Bertz CT molecular complexity index is 737. The monoisotopic (exact) mass is 299 g/mol. The van der Waals surface area contributed by atoms with Gasteiger partial charge in [0.25, 0.3) is 0 Å². The Morgan fingerprint density at radius 2 is 2.32 bits per heavy atom. The second-order valence-corrected chi connectivity index (χ2v) is 6.46. The van der Waals surface area contributed by atoms with E-state index in [1.54, 1.807) is 0 Å². The average molecular weight is 299 g/mol. The molecule has 2 saturated heterocycles. The number of carbonyl (C=O) groups excluding carboxylic acids is 1. The molecule has 0 spiro atoms. The molecule has 22 heavy (non-hydrogen) atoms. The quantitative estimate of drug-likeness (QED) is 0.944. The number of aryl methyl sites for hydroxylation is 2. The van der Waals surface area contributed by atoms with Gasteiger partial charge in [-0.1, -0.05) is 12.1 Å². The van der Waals surface area contributed by atoms with Crippen molar-refractivity contribution < 1.29 is 9.53 Å². The molecule has 1 N–H and O–H groups in total. The van der Waals surface area contributed by atoms with Crippen LogP contribution in [0, 0.1) is 12.8 Å². The molecule has 0 radical (unpaired) electrons. The molecule has 4 rings (SSSR count). The maximum atomic E-state index is 12.4. The lowest BCUT2D eigenvalue weighted by Crippen LogP contribution is -2.36. The van der Waals surface area contributed by atoms with Crippen LogP contribution in [-0.2, 0) is 23.1 Å². The van der Waals surface area contributed by atoms with Gasteiger partial charge in [-0.15, -0.1) is 0 Å². The summed E-state index contributed by atoms with van der Waals surface area (Å²) in [5.74, 6) is 1.02. The van der Waals surface area contributed by atoms with E-state index in [0.717, 1.165) is 36.1 Å². The van der Waals surface area contributed by atoms with Crippen molar-refractivity contribution in [3.8, 4) is 0 Å². The van der Waals surface area contributed by atoms with Gasteiger partial charge in [0.2, 0.25) is 5.91 Å². The molecule has 116 valence electrons. The van der Waals surface area contributed by atoms with Gasteiger partial charge in [-0.3, -0.25) is 4.79 Å². The minimum atomic E-state index is 0.0233. The number of hydrogen-bond donors (Lipinski definition) is 1. The van der Waals surface area contributed by atoms with Crippen molar-refractivity contribution in [2.45, 2.75) is 44.9 Å². The first-order valence-corrected chi connectivity index (χ1v) is 7.97. The summed E-state index contributed by atoms with van der Waals surface area (Å²) in [4.78, 5) is 17.0. The van der Waals surface area contributed by atoms with Gasteiger partial charge in [0.05, 0.1) is 35.7 Å². The lowest BCUT2D eigenvalue weighted by molar-refractivity contribution is -0.126. The van der Waals surface area contributed by atoms with Crippen molar-refractivity contribution in [2.24, 2.45) is 13.0 Å². The number of aromatic nitrogens is 2. The predicted octanol–water partition coefficient (Wildman–Crippen LogP) is 2.07. The highest BCUT2D eigenvalue weighted by Gasteiger charge is 2.44. The van der Waals surface area contributed by atoms with E-state index in [0.29, 0.717) is 12.6 Å². The number of para-hydroxylation sites is 1. The third kappa shape index (κ3) is 2.11. The number of rotatable bonds is 3. The number of carbonyl (C=O) groups is 1. The van der Waals surface area contributed by atoms with Crippen LogP contribution in [0.15, 0.2) is 18.2 Å². The Balaban J connectivity index is 1.49. The smallest absolute Gasteiger partial charge is 0.226 e. The van der Waals surface area contributed by atoms with E-state index >= 15 is 0 Å². The molecule has 1 amide bonds. The Kier molecular flexibility index (Phi) is 3.18. The molecule has 0 saturated carbocycles. The highest BCUT2D eigenvalue weighted by Crippen LogP contribution is 2.38. The number of benzene rings is 1. The summed E-state index contributed by atoms with van der Waals surface area (Å²) in [6.45, 7) is 2.55. The number of fused-ring (bicyclic) bond motifs is 3. The van der Waals surface area contributed by atoms with Gasteiger partial charge in [0.15, 0.2) is 0 Å². The van der Waals surface area contributed by atoms with Crippen LogP contribution in [-0.4, -0.2) is 27.7 Å². The second kappa shape index (κ2) is 5.09. The van der Waals surface area contributed by atoms with Crippen LogP contribution >= 0.6 is 0 Å². The van der Waals surface area contributed by atoms with E-state index in [1.807, 2.05) is 19.2 Å². The Morgan fingerprint density at radius 3 is 3.00 bits per heavy atom. The number of imidazole rings is 1. The second-order valence-electron chi connectivity index (χ2n) is 6.46. The van der Waals surface area contributed by atoms with Crippen LogP contribution < -0.4 is 5.32 Å². The minimum Gasteiger partial charge on any atom is -0.374 e. The number of nitrogens with zero attached hydrogens (tertiary/aromatic N) is 2. The molecule has 1 aromatic heterocycles. The zero-order valence-corrected chi connectivity index (χ0v) is 13.0. The van der Waals surface area contributed by atoms with Gasteiger partial charge in [0, 0.05) is 7.05 Å². The largest absolute Gasteiger partial charge is 0.374 e. The molecule has 5 heteroatoms. The molecular weight excluding hydrogens is 278 g/mol. The number of amides is 1. The molecule has 2 aliphatic heterocycles. The fourth-order valence-electron chi connectivity index (χ4n) is 3.88. The molecule has 3 atom stereocenters. The van der Waals surface area contributed by atoms with Gasteiger partial charge in [-0.2, -0.15) is 0 Å². The van der Waals surface area contributed by atoms with E-state index in [-0.39, 0.29) is 17.9 Å². The van der Waals surface area contributed by atoms with Crippen LogP contribution in [0.3, 0.4) is 0 Å². The fraction of sp³-hybridized carbons (Fsp3) is 0.529. The maximum absolute atomic E-state index is 12.4. The maximum Gasteiger partial charge on any atom is 0.226 e. The zero-order chi connectivity index (χ0) is 15.3. The lowest BCUT2D eigenvalue weighted by atomic mass is 9.88. The van der Waals surface area contributed by atoms with Crippen LogP contribution in [0.4, 0.5) is 0 Å². The third-order valence-electron chi connectivity index (χ3n) is 5.05. The number of nitrogens with one attached hydrogen (secondary N) is 1. The van der Waals surface area contributed by atoms with Crippen LogP contribution in [0.25, 0.3) is 11.0 Å². The molecule has 0 aliphatic carbocycles. The van der Waals surface area contributed by atoms with Gasteiger partial charge >= 0.3 is 0 Å². The summed E-state index contributed by atoms with van der Waals surface area (Å²) in [6.07, 6.45) is 3.44. The number of ether oxygens (including phenoxy) is 1. The topological polar surface area (TPSA) is 56.1 Å². The van der Waals surface area contributed by atoms with E-state index in [9.17, 15) is 4.79 Å². The summed E-state index contributed by atoms with van der Waals surface area (Å²) in [7, 11) is 2.00. The Labute approximate surface area is 129 Å². The predicted molar refractivity (Wildman–Crippen MR) is 83.3 cm³/mol. The van der Waals surface area contributed by atoms with E-state index in [4.69, 9.17) is 4.74 Å². The van der Waals surface area contributed by atoms with Crippen LogP contribution in [0.2, 0.25) is 0 Å². The summed E-state index contributed by atoms with van der Waals surface area (Å²) < 4.78 is 7.84. The molecule has 3 heterocycles. The Morgan fingerprint density at radius 1 is 1.45 bits per heavy atom. The first kappa shape index (κ1) is 13.8. The summed E-state index contributed by atoms with van der Waals surface area (Å²) in [6, 6.07) is 6.11. The van der Waals surface area contributed by atoms with Crippen molar-refractivity contribution in [3.05, 3.63) is 29.6 Å². The third-order valence-corrected chi connectivity index (χ3v) is 5.05. The standard InChI is InChI=1S/C17H21N3O2/c1-10-4-3-5-13-16(10)20(2)15(19-13)9-18-17(21)12-8-11-6-7-14(12)22-11/h3-5,11-12,14H,6-9H2,1-2H3,(H,18,21). The van der Waals surface area contributed by atoms with Gasteiger partial charge in [-0.05, 0) is 37.8 Å². The summed E-state index contributed by atoms with van der Waals surface area (Å²) in [5.41, 5.74) is 3.32. The van der Waals surface area contributed by atoms with Gasteiger partial charge in [0.1, 0.15) is 5.82 Å². The minimum absolute atomic E-state index is 0.0233. The highest BCUT2D eigenvalue weighted by atomic mass is 16.5. The molecule has 2 aliphatic rings. The number of hydrogen-bond acceptors (Lipinski definition) is 3. The summed E-state index contributed by atoms with van der Waals surface area (Å²) in [5, 5.41) is 3.04. The molecule has 2 bridgehead atoms. The molecular formula is C17H21N3O2. The van der Waals surface area contributed by atoms with Crippen LogP contribution in [0.5, 0.6) is 0 Å². The fourth-order valence-corrected chi connectivity index (χ4v) is 3.88. The normalized spacial score (nSPS) is 26.7. The Hall–Kier alpha value is -1.88. The molecule has 1 aromatic carbocycles. The average Bonchev–Trinajstić information content (AvgIpc) is 3.20. The van der Waals surface area contributed by atoms with Gasteiger partial charge in [-0.25, -0.2) is 4.98 Å². The van der Waals surface area contributed by atoms with Gasteiger partial charge < -0.3 is 14.6 Å². The van der Waals surface area contributed by atoms with Crippen molar-refractivity contribution in [1.82, 2.24) is 14.9 Å². The SMILES string of the molecule is Cc1cccc2nc(CNC(=O)C3CC4CCC3O4)n(C)c12. The van der Waals surface area contributed by atoms with Crippen LogP contribution in [0.1, 0.15) is 30.7 Å². The zero-order valence-electron chi connectivity index (χ0n) is 13.0. The molecule has 2 fully saturated rings. The van der Waals surface area contributed by atoms with Crippen molar-refractivity contribution in [1.29, 1.82) is 0 Å². The van der Waals surface area contributed by atoms with Crippen molar-refractivity contribution in [3.63, 3.8) is 0 Å². The molecule has 3 unspecified atom stereocenters.